The van der Waals surface area contributed by atoms with Crippen LogP contribution in [0.5, 0.6) is 0 Å². The number of likely N-dealkylation sites (tertiary alicyclic amines) is 1. The summed E-state index contributed by atoms with van der Waals surface area (Å²) in [5.74, 6) is 0.752. The van der Waals surface area contributed by atoms with Gasteiger partial charge in [0.2, 0.25) is 0 Å². The van der Waals surface area contributed by atoms with Gasteiger partial charge in [-0.25, -0.2) is 0 Å². The van der Waals surface area contributed by atoms with Gasteiger partial charge < -0.3 is 4.98 Å². The van der Waals surface area contributed by atoms with Gasteiger partial charge >= 0.3 is 0 Å². The highest BCUT2D eigenvalue weighted by Crippen LogP contribution is 2.22. The van der Waals surface area contributed by atoms with Crippen molar-refractivity contribution in [2.75, 3.05) is 13.1 Å². The summed E-state index contributed by atoms with van der Waals surface area (Å²) >= 11 is 5.79. The van der Waals surface area contributed by atoms with E-state index in [0.717, 1.165) is 31.0 Å². The highest BCUT2D eigenvalue weighted by Gasteiger charge is 2.20. The molecule has 1 saturated heterocycles. The number of aromatic amines is 1. The fourth-order valence-corrected chi connectivity index (χ4v) is 3.29. The third-order valence-electron chi connectivity index (χ3n) is 4.42. The fourth-order valence-electron chi connectivity index (χ4n) is 3.14. The van der Waals surface area contributed by atoms with E-state index < -0.39 is 0 Å². The number of nitrogens with one attached hydrogen (secondary N) is 1. The zero-order chi connectivity index (χ0) is 15.4. The van der Waals surface area contributed by atoms with Crippen LogP contribution in [0, 0.1) is 5.92 Å². The number of piperidine rings is 1. The average Bonchev–Trinajstić information content (AvgIpc) is 2.53. The Hall–Kier alpha value is -1.58. The Labute approximate surface area is 135 Å². The molecular formula is C18H21ClN2O. The first-order valence-electron chi connectivity index (χ1n) is 7.85. The molecule has 0 unspecified atom stereocenters. The smallest absolute Gasteiger partial charge is 0.253 e. The molecule has 22 heavy (non-hydrogen) atoms. The van der Waals surface area contributed by atoms with E-state index in [1.54, 1.807) is 6.07 Å². The third kappa shape index (κ3) is 3.99. The van der Waals surface area contributed by atoms with Crippen LogP contribution < -0.4 is 5.56 Å². The second kappa shape index (κ2) is 7.12. The van der Waals surface area contributed by atoms with Gasteiger partial charge in [0.05, 0.1) is 0 Å². The topological polar surface area (TPSA) is 36.1 Å². The van der Waals surface area contributed by atoms with Crippen molar-refractivity contribution >= 4 is 11.6 Å². The summed E-state index contributed by atoms with van der Waals surface area (Å²) in [5, 5.41) is 0.398. The van der Waals surface area contributed by atoms with Crippen LogP contribution in [0.3, 0.4) is 0 Å². The molecule has 0 spiro atoms. The quantitative estimate of drug-likeness (QED) is 0.877. The second-order valence-electron chi connectivity index (χ2n) is 6.07. The lowest BCUT2D eigenvalue weighted by Crippen LogP contribution is -2.35. The Morgan fingerprint density at radius 1 is 1.09 bits per heavy atom. The van der Waals surface area contributed by atoms with Gasteiger partial charge in [0.25, 0.3) is 5.56 Å². The summed E-state index contributed by atoms with van der Waals surface area (Å²) in [4.78, 5) is 16.9. The molecule has 2 aromatic rings. The maximum atomic E-state index is 11.9. The first kappa shape index (κ1) is 15.3. The number of aromatic nitrogens is 1. The first-order chi connectivity index (χ1) is 10.7. The number of pyridine rings is 1. The molecule has 0 aliphatic carbocycles. The third-order valence-corrected chi connectivity index (χ3v) is 4.64. The first-order valence-corrected chi connectivity index (χ1v) is 8.22. The van der Waals surface area contributed by atoms with Crippen LogP contribution in [0.25, 0.3) is 0 Å². The lowest BCUT2D eigenvalue weighted by atomic mass is 9.90. The van der Waals surface area contributed by atoms with Crippen molar-refractivity contribution in [3.05, 3.63) is 69.1 Å². The fraction of sp³-hybridized carbons (Fsp3) is 0.389. The van der Waals surface area contributed by atoms with Gasteiger partial charge in [-0.15, -0.1) is 0 Å². The number of nitrogens with zero attached hydrogens (tertiary/aromatic N) is 1. The molecule has 1 N–H and O–H groups in total. The molecule has 4 heteroatoms. The molecule has 116 valence electrons. The van der Waals surface area contributed by atoms with Crippen LogP contribution in [0.4, 0.5) is 0 Å². The Morgan fingerprint density at radius 2 is 1.82 bits per heavy atom. The van der Waals surface area contributed by atoms with Crippen LogP contribution in [0.2, 0.25) is 5.15 Å². The molecular weight excluding hydrogens is 296 g/mol. The normalized spacial score (nSPS) is 16.8. The van der Waals surface area contributed by atoms with Crippen LogP contribution in [-0.4, -0.2) is 23.0 Å². The number of rotatable bonds is 4. The molecule has 0 amide bonds. The largest absolute Gasteiger partial charge is 0.313 e. The van der Waals surface area contributed by atoms with Crippen molar-refractivity contribution < 1.29 is 0 Å². The second-order valence-corrected chi connectivity index (χ2v) is 6.48. The summed E-state index contributed by atoms with van der Waals surface area (Å²) in [6.45, 7) is 2.82. The van der Waals surface area contributed by atoms with Crippen LogP contribution >= 0.6 is 11.6 Å². The van der Waals surface area contributed by atoms with E-state index in [9.17, 15) is 4.79 Å². The standard InChI is InChI=1S/C18H21ClN2O/c19-17-7-6-16(18(22)20-17)13-21-10-8-15(9-11-21)12-14-4-2-1-3-5-14/h1-7,15H,8-13H2,(H,20,22). The van der Waals surface area contributed by atoms with Gasteiger partial charge in [0.15, 0.2) is 0 Å². The van der Waals surface area contributed by atoms with Crippen molar-refractivity contribution in [1.29, 1.82) is 0 Å². The molecule has 1 aliphatic heterocycles. The van der Waals surface area contributed by atoms with Gasteiger partial charge in [-0.1, -0.05) is 41.9 Å². The zero-order valence-electron chi connectivity index (χ0n) is 12.6. The molecule has 1 aromatic carbocycles. The Balaban J connectivity index is 1.52. The van der Waals surface area contributed by atoms with E-state index in [0.29, 0.717) is 11.7 Å². The number of hydrogen-bond acceptors (Lipinski definition) is 2. The van der Waals surface area contributed by atoms with E-state index in [-0.39, 0.29) is 5.56 Å². The lowest BCUT2D eigenvalue weighted by Gasteiger charge is -2.31. The van der Waals surface area contributed by atoms with Gasteiger partial charge in [0, 0.05) is 12.1 Å². The minimum absolute atomic E-state index is 0.0705. The number of benzene rings is 1. The zero-order valence-corrected chi connectivity index (χ0v) is 13.4. The average molecular weight is 317 g/mol. The minimum Gasteiger partial charge on any atom is -0.313 e. The molecule has 1 aliphatic rings. The number of halogens is 1. The molecule has 0 saturated carbocycles. The summed E-state index contributed by atoms with van der Waals surface area (Å²) in [7, 11) is 0. The van der Waals surface area contributed by atoms with Crippen LogP contribution in [0.15, 0.2) is 47.3 Å². The molecule has 0 atom stereocenters. The SMILES string of the molecule is O=c1[nH]c(Cl)ccc1CN1CCC(Cc2ccccc2)CC1. The molecule has 1 fully saturated rings. The summed E-state index contributed by atoms with van der Waals surface area (Å²) in [6, 6.07) is 14.3. The number of hydrogen-bond donors (Lipinski definition) is 1. The summed E-state index contributed by atoms with van der Waals surface area (Å²) < 4.78 is 0. The Morgan fingerprint density at radius 3 is 2.50 bits per heavy atom. The van der Waals surface area contributed by atoms with Crippen LogP contribution in [-0.2, 0) is 13.0 Å². The molecule has 0 bridgehead atoms. The lowest BCUT2D eigenvalue weighted by molar-refractivity contribution is 0.176. The van der Waals surface area contributed by atoms with Gasteiger partial charge in [-0.3, -0.25) is 9.69 Å². The molecule has 0 radical (unpaired) electrons. The number of H-pyrrole nitrogens is 1. The van der Waals surface area contributed by atoms with Gasteiger partial charge in [-0.05, 0) is 56.0 Å². The van der Waals surface area contributed by atoms with E-state index in [2.05, 4.69) is 40.2 Å². The molecule has 2 heterocycles. The highest BCUT2D eigenvalue weighted by molar-refractivity contribution is 6.29. The van der Waals surface area contributed by atoms with Crippen molar-refractivity contribution in [2.24, 2.45) is 5.92 Å². The Kier molecular flexibility index (Phi) is 4.96. The van der Waals surface area contributed by atoms with Crippen LogP contribution in [0.1, 0.15) is 24.0 Å². The van der Waals surface area contributed by atoms with Crippen molar-refractivity contribution in [3.8, 4) is 0 Å². The van der Waals surface area contributed by atoms with E-state index in [1.807, 2.05) is 6.07 Å². The maximum absolute atomic E-state index is 11.9. The van der Waals surface area contributed by atoms with E-state index in [4.69, 9.17) is 11.6 Å². The minimum atomic E-state index is -0.0705. The molecule has 3 rings (SSSR count). The highest BCUT2D eigenvalue weighted by atomic mass is 35.5. The molecule has 1 aromatic heterocycles. The van der Waals surface area contributed by atoms with Crippen molar-refractivity contribution in [2.45, 2.75) is 25.8 Å². The molecule has 3 nitrogen and oxygen atoms in total. The van der Waals surface area contributed by atoms with Gasteiger partial charge in [-0.2, -0.15) is 0 Å². The monoisotopic (exact) mass is 316 g/mol. The van der Waals surface area contributed by atoms with Crippen molar-refractivity contribution in [3.63, 3.8) is 0 Å². The van der Waals surface area contributed by atoms with Crippen molar-refractivity contribution in [1.82, 2.24) is 9.88 Å². The Bertz CT molecular complexity index is 660. The maximum Gasteiger partial charge on any atom is 0.253 e. The van der Waals surface area contributed by atoms with Gasteiger partial charge in [0.1, 0.15) is 5.15 Å². The summed E-state index contributed by atoms with van der Waals surface area (Å²) in [5.41, 5.74) is 2.15. The van der Waals surface area contributed by atoms with E-state index >= 15 is 0 Å². The van der Waals surface area contributed by atoms with E-state index in [1.165, 1.54) is 18.4 Å². The summed E-state index contributed by atoms with van der Waals surface area (Å²) in [6.07, 6.45) is 3.55. The predicted molar refractivity (Wildman–Crippen MR) is 90.2 cm³/mol. The predicted octanol–water partition coefficient (Wildman–Crippen LogP) is 3.48.